The molecule has 5 aromatic rings. The molecule has 1 N–H and O–H groups in total. The van der Waals surface area contributed by atoms with Crippen LogP contribution in [0.3, 0.4) is 0 Å². The third-order valence-electron chi connectivity index (χ3n) is 6.00. The minimum absolute atomic E-state index is 0.136. The molecule has 1 amide bonds. The van der Waals surface area contributed by atoms with Crippen molar-refractivity contribution in [2.45, 2.75) is 25.5 Å². The van der Waals surface area contributed by atoms with Crippen molar-refractivity contribution in [1.82, 2.24) is 19.7 Å². The molecule has 0 saturated carbocycles. The fraction of sp³-hybridized carbons (Fsp3) is 0.138. The first-order valence-corrected chi connectivity index (χ1v) is 11.7. The Morgan fingerprint density at radius 1 is 0.972 bits per heavy atom. The van der Waals surface area contributed by atoms with E-state index in [0.29, 0.717) is 30.1 Å². The van der Waals surface area contributed by atoms with Crippen molar-refractivity contribution in [3.8, 4) is 5.75 Å². The Hall–Kier alpha value is -4.52. The van der Waals surface area contributed by atoms with Crippen LogP contribution in [0, 0.1) is 5.82 Å². The van der Waals surface area contributed by atoms with E-state index < -0.39 is 5.92 Å². The molecule has 5 rings (SSSR count). The predicted molar refractivity (Wildman–Crippen MR) is 135 cm³/mol. The van der Waals surface area contributed by atoms with Gasteiger partial charge in [-0.05, 0) is 53.1 Å². The van der Waals surface area contributed by atoms with E-state index in [4.69, 9.17) is 4.74 Å². The lowest BCUT2D eigenvalue weighted by molar-refractivity contribution is -0.121. The zero-order valence-corrected chi connectivity index (χ0v) is 19.5. The van der Waals surface area contributed by atoms with Gasteiger partial charge in [0, 0.05) is 43.7 Å². The molecule has 36 heavy (non-hydrogen) atoms. The van der Waals surface area contributed by atoms with Crippen LogP contribution in [0.1, 0.15) is 34.7 Å². The smallest absolute Gasteiger partial charge is 0.221 e. The highest BCUT2D eigenvalue weighted by molar-refractivity contribution is 5.77. The number of carbonyl (C=O) groups is 1. The molecule has 1 unspecified atom stereocenters. The Labute approximate surface area is 208 Å². The van der Waals surface area contributed by atoms with Gasteiger partial charge in [-0.3, -0.25) is 9.78 Å². The minimum atomic E-state index is -0.405. The van der Waals surface area contributed by atoms with E-state index in [1.165, 1.54) is 12.1 Å². The number of aromatic nitrogens is 3. The number of rotatable bonds is 9. The third kappa shape index (κ3) is 5.41. The van der Waals surface area contributed by atoms with Crippen LogP contribution in [0.25, 0.3) is 5.65 Å². The number of carbonyl (C=O) groups excluding carboxylic acids is 1. The van der Waals surface area contributed by atoms with Crippen LogP contribution in [0.15, 0.2) is 104 Å². The number of halogens is 1. The van der Waals surface area contributed by atoms with Gasteiger partial charge in [0.15, 0.2) is 11.4 Å². The van der Waals surface area contributed by atoms with Gasteiger partial charge < -0.3 is 14.5 Å². The molecule has 0 fully saturated rings. The van der Waals surface area contributed by atoms with E-state index in [1.807, 2.05) is 71.3 Å². The highest BCUT2D eigenvalue weighted by Crippen LogP contribution is 2.31. The number of imidazole rings is 1. The molecule has 2 aromatic carbocycles. The summed E-state index contributed by atoms with van der Waals surface area (Å²) < 4.78 is 22.1. The van der Waals surface area contributed by atoms with Crippen molar-refractivity contribution in [2.75, 3.05) is 0 Å². The predicted octanol–water partition coefficient (Wildman–Crippen LogP) is 5.29. The van der Waals surface area contributed by atoms with Crippen LogP contribution in [0.5, 0.6) is 5.75 Å². The van der Waals surface area contributed by atoms with E-state index in [9.17, 15) is 9.18 Å². The summed E-state index contributed by atoms with van der Waals surface area (Å²) in [5.74, 6) is -0.270. The molecular weight excluding hydrogens is 455 g/mol. The second-order valence-corrected chi connectivity index (χ2v) is 8.47. The zero-order chi connectivity index (χ0) is 24.7. The normalized spacial score (nSPS) is 11.8. The van der Waals surface area contributed by atoms with E-state index in [0.717, 1.165) is 16.8 Å². The molecule has 0 bridgehead atoms. The molecule has 0 spiro atoms. The van der Waals surface area contributed by atoms with Gasteiger partial charge in [0.2, 0.25) is 5.91 Å². The number of hydrogen-bond donors (Lipinski definition) is 1. The lowest BCUT2D eigenvalue weighted by atomic mass is 9.92. The van der Waals surface area contributed by atoms with Gasteiger partial charge in [-0.1, -0.05) is 42.5 Å². The Bertz CT molecular complexity index is 1450. The van der Waals surface area contributed by atoms with Crippen LogP contribution in [0.2, 0.25) is 0 Å². The fourth-order valence-corrected chi connectivity index (χ4v) is 4.19. The minimum Gasteiger partial charge on any atom is -0.485 e. The second-order valence-electron chi connectivity index (χ2n) is 8.47. The Morgan fingerprint density at radius 3 is 2.61 bits per heavy atom. The maximum Gasteiger partial charge on any atom is 0.221 e. The van der Waals surface area contributed by atoms with Crippen molar-refractivity contribution < 1.29 is 13.9 Å². The average Bonchev–Trinajstić information content (AvgIpc) is 3.35. The molecule has 0 aliphatic carbocycles. The molecule has 1 atom stereocenters. The van der Waals surface area contributed by atoms with Gasteiger partial charge in [0.05, 0.1) is 5.69 Å². The molecule has 3 heterocycles. The van der Waals surface area contributed by atoms with Gasteiger partial charge in [-0.25, -0.2) is 9.37 Å². The number of nitrogens with one attached hydrogen (secondary N) is 1. The monoisotopic (exact) mass is 480 g/mol. The van der Waals surface area contributed by atoms with Gasteiger partial charge in [0.1, 0.15) is 12.4 Å². The molecule has 3 aromatic heterocycles. The Kier molecular flexibility index (Phi) is 6.98. The molecule has 0 radical (unpaired) electrons. The summed E-state index contributed by atoms with van der Waals surface area (Å²) >= 11 is 0. The summed E-state index contributed by atoms with van der Waals surface area (Å²) in [5.41, 5.74) is 4.12. The second kappa shape index (κ2) is 10.8. The maximum atomic E-state index is 14.2. The number of fused-ring (bicyclic) bond motifs is 1. The van der Waals surface area contributed by atoms with Crippen LogP contribution in [-0.4, -0.2) is 20.3 Å². The van der Waals surface area contributed by atoms with Crippen LogP contribution < -0.4 is 10.1 Å². The average molecular weight is 481 g/mol. The first-order chi connectivity index (χ1) is 17.7. The SMILES string of the molecule is O=C(CC(c1cccc(F)c1)c1cnc2c(OCc3ccccc3)cccn12)NCc1ccncc1. The summed E-state index contributed by atoms with van der Waals surface area (Å²) in [6.45, 7) is 0.801. The van der Waals surface area contributed by atoms with Crippen LogP contribution in [-0.2, 0) is 17.9 Å². The summed E-state index contributed by atoms with van der Waals surface area (Å²) in [6.07, 6.45) is 7.13. The third-order valence-corrected chi connectivity index (χ3v) is 6.00. The van der Waals surface area contributed by atoms with Crippen molar-refractivity contribution in [1.29, 1.82) is 0 Å². The summed E-state index contributed by atoms with van der Waals surface area (Å²) in [5, 5.41) is 2.96. The largest absolute Gasteiger partial charge is 0.485 e. The van der Waals surface area contributed by atoms with Crippen molar-refractivity contribution in [3.63, 3.8) is 0 Å². The van der Waals surface area contributed by atoms with Gasteiger partial charge >= 0.3 is 0 Å². The number of hydrogen-bond acceptors (Lipinski definition) is 4. The van der Waals surface area contributed by atoms with Crippen molar-refractivity contribution >= 4 is 11.6 Å². The first kappa shape index (κ1) is 23.2. The topological polar surface area (TPSA) is 68.5 Å². The number of benzene rings is 2. The molecule has 0 saturated heterocycles. The van der Waals surface area contributed by atoms with E-state index in [2.05, 4.69) is 15.3 Å². The van der Waals surface area contributed by atoms with E-state index in [1.54, 1.807) is 24.7 Å². The lowest BCUT2D eigenvalue weighted by Crippen LogP contribution is -2.25. The van der Waals surface area contributed by atoms with E-state index >= 15 is 0 Å². The zero-order valence-electron chi connectivity index (χ0n) is 19.5. The summed E-state index contributed by atoms with van der Waals surface area (Å²) in [7, 11) is 0. The molecule has 7 heteroatoms. The van der Waals surface area contributed by atoms with Crippen molar-refractivity contribution in [3.05, 3.63) is 132 Å². The number of ether oxygens (including phenoxy) is 1. The highest BCUT2D eigenvalue weighted by Gasteiger charge is 2.23. The quantitative estimate of drug-likeness (QED) is 0.311. The number of amides is 1. The summed E-state index contributed by atoms with van der Waals surface area (Å²) in [6, 6.07) is 23.7. The van der Waals surface area contributed by atoms with Gasteiger partial charge in [-0.15, -0.1) is 0 Å². The van der Waals surface area contributed by atoms with Crippen LogP contribution in [0.4, 0.5) is 4.39 Å². The highest BCUT2D eigenvalue weighted by atomic mass is 19.1. The molecule has 0 aliphatic heterocycles. The Morgan fingerprint density at radius 2 is 1.81 bits per heavy atom. The van der Waals surface area contributed by atoms with Gasteiger partial charge in [-0.2, -0.15) is 0 Å². The van der Waals surface area contributed by atoms with Crippen LogP contribution >= 0.6 is 0 Å². The number of nitrogens with zero attached hydrogens (tertiary/aromatic N) is 3. The van der Waals surface area contributed by atoms with E-state index in [-0.39, 0.29) is 18.1 Å². The summed E-state index contributed by atoms with van der Waals surface area (Å²) in [4.78, 5) is 21.6. The van der Waals surface area contributed by atoms with Crippen molar-refractivity contribution in [2.24, 2.45) is 0 Å². The molecule has 6 nitrogen and oxygen atoms in total. The standard InChI is InChI=1S/C29H25FN4O2/c30-24-9-4-8-23(16-24)25(17-28(35)32-18-21-11-13-31-14-12-21)26-19-33-29-27(10-5-15-34(26)29)36-20-22-6-2-1-3-7-22/h1-16,19,25H,17-18,20H2,(H,32,35). The molecule has 180 valence electrons. The Balaban J connectivity index is 1.42. The van der Waals surface area contributed by atoms with Gasteiger partial charge in [0.25, 0.3) is 0 Å². The fourth-order valence-electron chi connectivity index (χ4n) is 4.19. The maximum absolute atomic E-state index is 14.2. The molecule has 0 aliphatic rings. The lowest BCUT2D eigenvalue weighted by Gasteiger charge is -2.18. The first-order valence-electron chi connectivity index (χ1n) is 11.7. The number of pyridine rings is 2. The molecular formula is C29H25FN4O2.